The molecule has 2 aromatic carbocycles. The number of rotatable bonds is 3. The zero-order chi connectivity index (χ0) is 18.2. The van der Waals surface area contributed by atoms with E-state index in [0.717, 1.165) is 0 Å². The Morgan fingerprint density at radius 3 is 2.28 bits per heavy atom. The van der Waals surface area contributed by atoms with Gasteiger partial charge in [0.1, 0.15) is 5.82 Å². The number of hydrogen-bond acceptors (Lipinski definition) is 4. The van der Waals surface area contributed by atoms with E-state index in [1.807, 2.05) is 0 Å². The molecule has 130 valence electrons. The van der Waals surface area contributed by atoms with Crippen LogP contribution in [0.3, 0.4) is 0 Å². The molecule has 2 aromatic rings. The second-order valence-electron chi connectivity index (χ2n) is 5.44. The Labute approximate surface area is 148 Å². The van der Waals surface area contributed by atoms with Gasteiger partial charge in [-0.3, -0.25) is 0 Å². The lowest BCUT2D eigenvalue weighted by molar-refractivity contribution is -0.135. The highest BCUT2D eigenvalue weighted by Crippen LogP contribution is 2.33. The third-order valence-corrected chi connectivity index (χ3v) is 5.03. The summed E-state index contributed by atoms with van der Waals surface area (Å²) in [5.41, 5.74) is 2.05. The molecule has 0 saturated carbocycles. The van der Waals surface area contributed by atoms with Crippen LogP contribution in [0.1, 0.15) is 17.5 Å². The first-order valence-corrected chi connectivity index (χ1v) is 9.19. The molecule has 0 bridgehead atoms. The minimum Gasteiger partial charge on any atom is -0.462 e. The first-order chi connectivity index (χ1) is 11.8. The van der Waals surface area contributed by atoms with E-state index in [2.05, 4.69) is 0 Å². The van der Waals surface area contributed by atoms with E-state index in [4.69, 9.17) is 21.5 Å². The number of benzene rings is 2. The monoisotopic (exact) mass is 381 g/mol. The molecule has 0 aliphatic carbocycles. The standard InChI is InChI=1S/C17H13ClFNO4S/c18-14-9-11(3-6-15(14)19)16(13-7-8-24-17(13)21)10-1-4-12(5-2-10)25(20,22)23/h1-6,9H,7-8H2,(H2,20,22,23). The number of carbonyl (C=O) groups is 1. The Bertz CT molecular complexity index is 984. The van der Waals surface area contributed by atoms with Crippen molar-refractivity contribution in [1.29, 1.82) is 0 Å². The molecule has 0 aromatic heterocycles. The minimum atomic E-state index is -3.83. The van der Waals surface area contributed by atoms with Crippen molar-refractivity contribution in [2.45, 2.75) is 11.3 Å². The summed E-state index contributed by atoms with van der Waals surface area (Å²) in [5, 5.41) is 5.02. The fraction of sp³-hybridized carbons (Fsp3) is 0.118. The zero-order valence-corrected chi connectivity index (χ0v) is 14.4. The Kier molecular flexibility index (Phi) is 4.64. The van der Waals surface area contributed by atoms with Crippen molar-refractivity contribution in [1.82, 2.24) is 0 Å². The van der Waals surface area contributed by atoms with Gasteiger partial charge < -0.3 is 4.74 Å². The van der Waals surface area contributed by atoms with Crippen LogP contribution in [0, 0.1) is 5.82 Å². The molecule has 0 radical (unpaired) electrons. The maximum absolute atomic E-state index is 13.5. The molecule has 0 spiro atoms. The Morgan fingerprint density at radius 1 is 1.12 bits per heavy atom. The average Bonchev–Trinajstić information content (AvgIpc) is 2.97. The Balaban J connectivity index is 2.19. The SMILES string of the molecule is NS(=O)(=O)c1ccc(C(=C2CCOC2=O)c2ccc(F)c(Cl)c2)cc1. The first-order valence-electron chi connectivity index (χ1n) is 7.26. The second-order valence-corrected chi connectivity index (χ2v) is 7.41. The molecule has 1 aliphatic rings. The highest BCUT2D eigenvalue weighted by Gasteiger charge is 2.25. The number of sulfonamides is 1. The van der Waals surface area contributed by atoms with Gasteiger partial charge in [0.15, 0.2) is 0 Å². The predicted octanol–water partition coefficient (Wildman–Crippen LogP) is 2.88. The van der Waals surface area contributed by atoms with Gasteiger partial charge in [0.2, 0.25) is 10.0 Å². The summed E-state index contributed by atoms with van der Waals surface area (Å²) in [7, 11) is -3.83. The van der Waals surface area contributed by atoms with Crippen molar-refractivity contribution in [2.75, 3.05) is 6.61 Å². The van der Waals surface area contributed by atoms with Crippen LogP contribution in [0.25, 0.3) is 5.57 Å². The van der Waals surface area contributed by atoms with Gasteiger partial charge in [0, 0.05) is 12.0 Å². The van der Waals surface area contributed by atoms with Gasteiger partial charge >= 0.3 is 5.97 Å². The number of halogens is 2. The van der Waals surface area contributed by atoms with Crippen LogP contribution in [0.4, 0.5) is 4.39 Å². The van der Waals surface area contributed by atoms with Gasteiger partial charge in [-0.25, -0.2) is 22.7 Å². The van der Waals surface area contributed by atoms with Gasteiger partial charge in [-0.1, -0.05) is 29.8 Å². The summed E-state index contributed by atoms with van der Waals surface area (Å²) >= 11 is 5.86. The van der Waals surface area contributed by atoms with Crippen molar-refractivity contribution >= 4 is 33.2 Å². The van der Waals surface area contributed by atoms with E-state index in [1.54, 1.807) is 0 Å². The van der Waals surface area contributed by atoms with Gasteiger partial charge in [-0.15, -0.1) is 0 Å². The maximum atomic E-state index is 13.5. The first kappa shape index (κ1) is 17.6. The normalized spacial score (nSPS) is 16.7. The molecule has 1 saturated heterocycles. The molecular weight excluding hydrogens is 369 g/mol. The Hall–Kier alpha value is -2.22. The smallest absolute Gasteiger partial charge is 0.334 e. The minimum absolute atomic E-state index is 0.0493. The summed E-state index contributed by atoms with van der Waals surface area (Å²) in [6.07, 6.45) is 0.389. The Morgan fingerprint density at radius 2 is 1.76 bits per heavy atom. The summed E-state index contributed by atoms with van der Waals surface area (Å²) in [6.45, 7) is 0.252. The van der Waals surface area contributed by atoms with Gasteiger partial charge in [-0.05, 0) is 41.0 Å². The quantitative estimate of drug-likeness (QED) is 0.654. The number of ether oxygens (including phenoxy) is 1. The summed E-state index contributed by atoms with van der Waals surface area (Å²) in [4.78, 5) is 12.0. The molecule has 3 rings (SSSR count). The number of primary sulfonamides is 1. The molecule has 0 atom stereocenters. The topological polar surface area (TPSA) is 86.5 Å². The predicted molar refractivity (Wildman–Crippen MR) is 90.8 cm³/mol. The van der Waals surface area contributed by atoms with Crippen LogP contribution in [-0.4, -0.2) is 21.0 Å². The number of esters is 1. The van der Waals surface area contributed by atoms with Gasteiger partial charge in [0.05, 0.1) is 16.5 Å². The van der Waals surface area contributed by atoms with Crippen LogP contribution in [0.15, 0.2) is 52.9 Å². The molecule has 8 heteroatoms. The molecule has 0 unspecified atom stereocenters. The molecule has 1 fully saturated rings. The summed E-state index contributed by atoms with van der Waals surface area (Å²) in [5.74, 6) is -1.04. The molecule has 1 aliphatic heterocycles. The van der Waals surface area contributed by atoms with Crippen LogP contribution in [-0.2, 0) is 19.6 Å². The van der Waals surface area contributed by atoms with Gasteiger partial charge in [0.25, 0.3) is 0 Å². The van der Waals surface area contributed by atoms with Crippen molar-refractivity contribution in [2.24, 2.45) is 5.14 Å². The van der Waals surface area contributed by atoms with Crippen LogP contribution < -0.4 is 5.14 Å². The van der Waals surface area contributed by atoms with E-state index < -0.39 is 21.8 Å². The van der Waals surface area contributed by atoms with Crippen molar-refractivity contribution in [3.05, 3.63) is 70.0 Å². The summed E-state index contributed by atoms with van der Waals surface area (Å²) in [6, 6.07) is 9.88. The molecule has 0 amide bonds. The maximum Gasteiger partial charge on any atom is 0.334 e. The molecule has 2 N–H and O–H groups in total. The van der Waals surface area contributed by atoms with Crippen LogP contribution in [0.5, 0.6) is 0 Å². The zero-order valence-electron chi connectivity index (χ0n) is 12.8. The van der Waals surface area contributed by atoms with Crippen LogP contribution >= 0.6 is 11.6 Å². The molecule has 5 nitrogen and oxygen atoms in total. The lowest BCUT2D eigenvalue weighted by Gasteiger charge is -2.12. The number of carbonyl (C=O) groups excluding carboxylic acids is 1. The van der Waals surface area contributed by atoms with E-state index in [-0.39, 0.29) is 16.5 Å². The summed E-state index contributed by atoms with van der Waals surface area (Å²) < 4.78 is 41.3. The lowest BCUT2D eigenvalue weighted by Crippen LogP contribution is -2.12. The highest BCUT2D eigenvalue weighted by molar-refractivity contribution is 7.89. The number of nitrogens with two attached hydrogens (primary N) is 1. The van der Waals surface area contributed by atoms with E-state index in [0.29, 0.717) is 28.7 Å². The fourth-order valence-electron chi connectivity index (χ4n) is 2.64. The van der Waals surface area contributed by atoms with E-state index in [1.165, 1.54) is 42.5 Å². The lowest BCUT2D eigenvalue weighted by atomic mass is 9.92. The van der Waals surface area contributed by atoms with Crippen molar-refractivity contribution < 1.29 is 22.3 Å². The third kappa shape index (κ3) is 3.58. The number of hydrogen-bond donors (Lipinski definition) is 1. The second kappa shape index (κ2) is 6.59. The molecule has 1 heterocycles. The van der Waals surface area contributed by atoms with Crippen molar-refractivity contribution in [3.8, 4) is 0 Å². The third-order valence-electron chi connectivity index (χ3n) is 3.81. The van der Waals surface area contributed by atoms with E-state index >= 15 is 0 Å². The van der Waals surface area contributed by atoms with Gasteiger partial charge in [-0.2, -0.15) is 0 Å². The fourth-order valence-corrected chi connectivity index (χ4v) is 3.34. The highest BCUT2D eigenvalue weighted by atomic mass is 35.5. The average molecular weight is 382 g/mol. The molecular formula is C17H13ClFNO4S. The van der Waals surface area contributed by atoms with E-state index in [9.17, 15) is 17.6 Å². The van der Waals surface area contributed by atoms with Crippen LogP contribution in [0.2, 0.25) is 5.02 Å². The van der Waals surface area contributed by atoms with Crippen molar-refractivity contribution in [3.63, 3.8) is 0 Å². The largest absolute Gasteiger partial charge is 0.462 e. The molecule has 25 heavy (non-hydrogen) atoms. The number of cyclic esters (lactones) is 1.